The van der Waals surface area contributed by atoms with E-state index in [0.717, 1.165) is 5.56 Å². The number of nitrogens with zero attached hydrogens (tertiary/aromatic N) is 1. The predicted molar refractivity (Wildman–Crippen MR) is 88.9 cm³/mol. The Kier molecular flexibility index (Phi) is 4.85. The van der Waals surface area contributed by atoms with E-state index in [-0.39, 0.29) is 16.7 Å². The minimum absolute atomic E-state index is 0.0733. The van der Waals surface area contributed by atoms with Crippen molar-refractivity contribution < 1.29 is 14.7 Å². The zero-order chi connectivity index (χ0) is 16.5. The maximum atomic E-state index is 12.2. The molecule has 4 nitrogen and oxygen atoms in total. The van der Waals surface area contributed by atoms with E-state index in [1.165, 1.54) is 22.2 Å². The van der Waals surface area contributed by atoms with Crippen molar-refractivity contribution in [2.75, 3.05) is 5.75 Å². The first-order chi connectivity index (χ1) is 10.3. The van der Waals surface area contributed by atoms with Gasteiger partial charge in [0.05, 0.1) is 0 Å². The lowest BCUT2D eigenvalue weighted by molar-refractivity contribution is -0.149. The van der Waals surface area contributed by atoms with Crippen LogP contribution in [0.1, 0.15) is 50.6 Å². The summed E-state index contributed by atoms with van der Waals surface area (Å²) in [5, 5.41) is 9.13. The summed E-state index contributed by atoms with van der Waals surface area (Å²) in [4.78, 5) is 25.1. The first-order valence-corrected chi connectivity index (χ1v) is 8.56. The number of carbonyl (C=O) groups excluding carboxylic acids is 1. The van der Waals surface area contributed by atoms with Gasteiger partial charge in [0, 0.05) is 12.2 Å². The van der Waals surface area contributed by atoms with Gasteiger partial charge in [-0.3, -0.25) is 4.79 Å². The Bertz CT molecular complexity index is 562. The molecule has 1 amide bonds. The Morgan fingerprint density at radius 3 is 2.32 bits per heavy atom. The quantitative estimate of drug-likeness (QED) is 0.927. The highest BCUT2D eigenvalue weighted by molar-refractivity contribution is 7.99. The fourth-order valence-electron chi connectivity index (χ4n) is 2.59. The summed E-state index contributed by atoms with van der Waals surface area (Å²) >= 11 is 1.52. The average Bonchev–Trinajstić information content (AvgIpc) is 2.90. The van der Waals surface area contributed by atoms with Crippen molar-refractivity contribution in [1.29, 1.82) is 0 Å². The van der Waals surface area contributed by atoms with Gasteiger partial charge in [-0.15, -0.1) is 11.8 Å². The molecule has 0 saturated carbocycles. The molecule has 0 radical (unpaired) electrons. The smallest absolute Gasteiger partial charge is 0.327 e. The van der Waals surface area contributed by atoms with Gasteiger partial charge in [0.2, 0.25) is 5.91 Å². The molecule has 1 heterocycles. The molecule has 2 rings (SSSR count). The van der Waals surface area contributed by atoms with Crippen LogP contribution in [0.25, 0.3) is 0 Å². The topological polar surface area (TPSA) is 57.6 Å². The van der Waals surface area contributed by atoms with Crippen LogP contribution in [0.4, 0.5) is 0 Å². The van der Waals surface area contributed by atoms with Crippen LogP contribution in [0.15, 0.2) is 24.3 Å². The van der Waals surface area contributed by atoms with Crippen LogP contribution in [-0.2, 0) is 15.0 Å². The van der Waals surface area contributed by atoms with Crippen LogP contribution in [0.5, 0.6) is 0 Å². The zero-order valence-corrected chi connectivity index (χ0v) is 14.3. The van der Waals surface area contributed by atoms with Gasteiger partial charge in [0.25, 0.3) is 0 Å². The van der Waals surface area contributed by atoms with E-state index in [2.05, 4.69) is 32.9 Å². The molecule has 0 bridgehead atoms. The van der Waals surface area contributed by atoms with Crippen LogP contribution >= 0.6 is 11.8 Å². The predicted octanol–water partition coefficient (Wildman–Crippen LogP) is 3.42. The normalized spacial score (nSPS) is 21.9. The van der Waals surface area contributed by atoms with Crippen molar-refractivity contribution in [3.05, 3.63) is 35.4 Å². The van der Waals surface area contributed by atoms with Crippen LogP contribution in [0.3, 0.4) is 0 Å². The summed E-state index contributed by atoms with van der Waals surface area (Å²) in [7, 11) is 0. The molecule has 0 aliphatic carbocycles. The summed E-state index contributed by atoms with van der Waals surface area (Å²) < 4.78 is 0. The van der Waals surface area contributed by atoms with Crippen LogP contribution in [0, 0.1) is 0 Å². The van der Waals surface area contributed by atoms with E-state index in [9.17, 15) is 14.7 Å². The first-order valence-electron chi connectivity index (χ1n) is 7.51. The minimum Gasteiger partial charge on any atom is -0.480 e. The highest BCUT2D eigenvalue weighted by Gasteiger charge is 2.41. The minimum atomic E-state index is -0.928. The molecule has 120 valence electrons. The lowest BCUT2D eigenvalue weighted by atomic mass is 9.86. The average molecular weight is 321 g/mol. The maximum absolute atomic E-state index is 12.2. The summed E-state index contributed by atoms with van der Waals surface area (Å²) in [6, 6.07) is 7.43. The van der Waals surface area contributed by atoms with E-state index < -0.39 is 12.0 Å². The van der Waals surface area contributed by atoms with Gasteiger partial charge in [-0.1, -0.05) is 52.0 Å². The van der Waals surface area contributed by atoms with Gasteiger partial charge >= 0.3 is 5.97 Å². The molecule has 1 aromatic rings. The number of hydrogen-bond donors (Lipinski definition) is 1. The standard InChI is InChI=1S/C17H23NO3S/c1-5-14(19)18-13(16(20)21)10-22-15(18)11-6-8-12(9-7-11)17(2,3)4/h6-9,13,15H,5,10H2,1-4H3,(H,20,21). The largest absolute Gasteiger partial charge is 0.480 e. The molecule has 0 spiro atoms. The van der Waals surface area contributed by atoms with E-state index in [4.69, 9.17) is 0 Å². The molecular weight excluding hydrogens is 298 g/mol. The van der Waals surface area contributed by atoms with Crippen molar-refractivity contribution in [3.63, 3.8) is 0 Å². The van der Waals surface area contributed by atoms with E-state index in [0.29, 0.717) is 12.2 Å². The Hall–Kier alpha value is -1.49. The van der Waals surface area contributed by atoms with Crippen LogP contribution in [-0.4, -0.2) is 33.7 Å². The second kappa shape index (κ2) is 6.32. The molecule has 1 aromatic carbocycles. The molecule has 1 aliphatic heterocycles. The monoisotopic (exact) mass is 321 g/mol. The number of hydrogen-bond acceptors (Lipinski definition) is 3. The molecular formula is C17H23NO3S. The Morgan fingerprint density at radius 2 is 1.86 bits per heavy atom. The van der Waals surface area contributed by atoms with E-state index >= 15 is 0 Å². The zero-order valence-electron chi connectivity index (χ0n) is 13.5. The summed E-state index contributed by atoms with van der Waals surface area (Å²) in [5.74, 6) is -0.599. The Morgan fingerprint density at radius 1 is 1.27 bits per heavy atom. The summed E-state index contributed by atoms with van der Waals surface area (Å²) in [5.41, 5.74) is 2.29. The van der Waals surface area contributed by atoms with Gasteiger partial charge in [0.1, 0.15) is 11.4 Å². The fraction of sp³-hybridized carbons (Fsp3) is 0.529. The van der Waals surface area contributed by atoms with Crippen LogP contribution < -0.4 is 0 Å². The van der Waals surface area contributed by atoms with E-state index in [1.54, 1.807) is 6.92 Å². The van der Waals surface area contributed by atoms with Gasteiger partial charge in [-0.05, 0) is 16.5 Å². The molecule has 2 atom stereocenters. The summed E-state index contributed by atoms with van der Waals surface area (Å²) in [6.07, 6.45) is 0.320. The maximum Gasteiger partial charge on any atom is 0.327 e. The lowest BCUT2D eigenvalue weighted by Gasteiger charge is -2.28. The number of benzene rings is 1. The number of carbonyl (C=O) groups is 2. The van der Waals surface area contributed by atoms with Gasteiger partial charge in [-0.25, -0.2) is 4.79 Å². The molecule has 1 saturated heterocycles. The van der Waals surface area contributed by atoms with Crippen molar-refractivity contribution in [3.8, 4) is 0 Å². The van der Waals surface area contributed by atoms with Gasteiger partial charge in [0.15, 0.2) is 0 Å². The van der Waals surface area contributed by atoms with E-state index in [1.807, 2.05) is 12.1 Å². The lowest BCUT2D eigenvalue weighted by Crippen LogP contribution is -2.42. The SMILES string of the molecule is CCC(=O)N1C(C(=O)O)CSC1c1ccc(C(C)(C)C)cc1. The molecule has 0 aromatic heterocycles. The van der Waals surface area contributed by atoms with Crippen molar-refractivity contribution in [2.24, 2.45) is 0 Å². The second-order valence-corrected chi connectivity index (χ2v) is 7.68. The molecule has 1 aliphatic rings. The van der Waals surface area contributed by atoms with Crippen molar-refractivity contribution in [1.82, 2.24) is 4.90 Å². The third-order valence-corrected chi connectivity index (χ3v) is 5.26. The first kappa shape index (κ1) is 16.9. The molecule has 2 unspecified atom stereocenters. The second-order valence-electron chi connectivity index (χ2n) is 6.57. The Labute approximate surface area is 135 Å². The number of carboxylic acids is 1. The van der Waals surface area contributed by atoms with Crippen molar-refractivity contribution >= 4 is 23.6 Å². The molecule has 1 N–H and O–H groups in total. The van der Waals surface area contributed by atoms with Gasteiger partial charge in [-0.2, -0.15) is 0 Å². The third kappa shape index (κ3) is 3.29. The number of carboxylic acid groups (broad SMARTS) is 1. The summed E-state index contributed by atoms with van der Waals surface area (Å²) in [6.45, 7) is 8.23. The number of thioether (sulfide) groups is 1. The molecule has 5 heteroatoms. The molecule has 22 heavy (non-hydrogen) atoms. The number of aliphatic carboxylic acids is 1. The Balaban J connectivity index is 2.30. The van der Waals surface area contributed by atoms with Crippen LogP contribution in [0.2, 0.25) is 0 Å². The van der Waals surface area contributed by atoms with Crippen molar-refractivity contribution in [2.45, 2.75) is 50.9 Å². The number of amides is 1. The molecule has 1 fully saturated rings. The fourth-order valence-corrected chi connectivity index (χ4v) is 4.03. The third-order valence-electron chi connectivity index (χ3n) is 3.94. The number of rotatable bonds is 3. The van der Waals surface area contributed by atoms with Gasteiger partial charge < -0.3 is 10.0 Å². The highest BCUT2D eigenvalue weighted by atomic mass is 32.2. The highest BCUT2D eigenvalue weighted by Crippen LogP contribution is 2.42.